The third-order valence-electron chi connectivity index (χ3n) is 3.45. The lowest BCUT2D eigenvalue weighted by atomic mass is 10.0. The van der Waals surface area contributed by atoms with Crippen molar-refractivity contribution in [3.63, 3.8) is 0 Å². The molecule has 0 aliphatic rings. The number of aliphatic hydroxyl groups excluding tert-OH is 1. The fraction of sp³-hybridized carbons (Fsp3) is 0.500. The molecular formula is C16H22N2O3. The van der Waals surface area contributed by atoms with Crippen molar-refractivity contribution in [2.45, 2.75) is 39.4 Å². The van der Waals surface area contributed by atoms with Crippen LogP contribution in [0.4, 0.5) is 0 Å². The fourth-order valence-corrected chi connectivity index (χ4v) is 1.69. The molecule has 1 amide bonds. The Morgan fingerprint density at radius 3 is 2.52 bits per heavy atom. The number of nitriles is 1. The highest BCUT2D eigenvalue weighted by atomic mass is 16.5. The van der Waals surface area contributed by atoms with Crippen LogP contribution in [0.25, 0.3) is 0 Å². The summed E-state index contributed by atoms with van der Waals surface area (Å²) in [5.74, 6) is 0.390. The highest BCUT2D eigenvalue weighted by molar-refractivity contribution is 5.80. The predicted molar refractivity (Wildman–Crippen MR) is 79.7 cm³/mol. The molecule has 5 heteroatoms. The van der Waals surface area contributed by atoms with E-state index in [-0.39, 0.29) is 18.4 Å². The quantitative estimate of drug-likeness (QED) is 0.803. The van der Waals surface area contributed by atoms with Gasteiger partial charge in [-0.15, -0.1) is 0 Å². The maximum Gasteiger partial charge on any atom is 0.260 e. The minimum Gasteiger partial charge on any atom is -0.481 e. The van der Waals surface area contributed by atoms with Crippen LogP contribution in [0.1, 0.15) is 32.8 Å². The Balaban J connectivity index is 2.45. The van der Waals surface area contributed by atoms with Crippen molar-refractivity contribution in [2.75, 3.05) is 6.54 Å². The van der Waals surface area contributed by atoms with E-state index < -0.39 is 12.2 Å². The van der Waals surface area contributed by atoms with Crippen molar-refractivity contribution in [2.24, 2.45) is 5.92 Å². The van der Waals surface area contributed by atoms with Gasteiger partial charge in [0.15, 0.2) is 6.10 Å². The number of hydrogen-bond donors (Lipinski definition) is 2. The number of carbonyl (C=O) groups is 1. The smallest absolute Gasteiger partial charge is 0.260 e. The van der Waals surface area contributed by atoms with Crippen molar-refractivity contribution in [1.82, 2.24) is 5.32 Å². The van der Waals surface area contributed by atoms with E-state index in [1.165, 1.54) is 0 Å². The molecule has 2 N–H and O–H groups in total. The summed E-state index contributed by atoms with van der Waals surface area (Å²) >= 11 is 0. The second-order valence-corrected chi connectivity index (χ2v) is 5.09. The Hall–Kier alpha value is -2.06. The summed E-state index contributed by atoms with van der Waals surface area (Å²) in [6.45, 7) is 5.79. The van der Waals surface area contributed by atoms with Crippen LogP contribution >= 0.6 is 0 Å². The Kier molecular flexibility index (Phi) is 6.70. The number of ether oxygens (including phenoxy) is 1. The molecular weight excluding hydrogens is 268 g/mol. The van der Waals surface area contributed by atoms with Gasteiger partial charge >= 0.3 is 0 Å². The zero-order valence-corrected chi connectivity index (χ0v) is 12.7. The molecule has 3 atom stereocenters. The SMILES string of the molecule is CCC(C)C(O)CNC(=O)C(C)Oc1ccc(C#N)cc1. The second-order valence-electron chi connectivity index (χ2n) is 5.09. The number of aliphatic hydroxyl groups is 1. The molecule has 0 heterocycles. The van der Waals surface area contributed by atoms with Gasteiger partial charge in [-0.3, -0.25) is 4.79 Å². The number of hydrogen-bond acceptors (Lipinski definition) is 4. The van der Waals surface area contributed by atoms with E-state index in [0.29, 0.717) is 11.3 Å². The summed E-state index contributed by atoms with van der Waals surface area (Å²) in [6, 6.07) is 8.58. The normalized spacial score (nSPS) is 14.6. The molecule has 3 unspecified atom stereocenters. The molecule has 21 heavy (non-hydrogen) atoms. The van der Waals surface area contributed by atoms with Crippen molar-refractivity contribution in [1.29, 1.82) is 5.26 Å². The van der Waals surface area contributed by atoms with Gasteiger partial charge in [0, 0.05) is 6.54 Å². The Labute approximate surface area is 125 Å². The highest BCUT2D eigenvalue weighted by Crippen LogP contribution is 2.13. The van der Waals surface area contributed by atoms with Crippen LogP contribution in [0.2, 0.25) is 0 Å². The Morgan fingerprint density at radius 1 is 1.38 bits per heavy atom. The highest BCUT2D eigenvalue weighted by Gasteiger charge is 2.18. The first-order chi connectivity index (χ1) is 9.97. The van der Waals surface area contributed by atoms with E-state index in [0.717, 1.165) is 6.42 Å². The van der Waals surface area contributed by atoms with E-state index in [4.69, 9.17) is 10.00 Å². The lowest BCUT2D eigenvalue weighted by molar-refractivity contribution is -0.127. The van der Waals surface area contributed by atoms with Gasteiger partial charge in [-0.05, 0) is 37.1 Å². The molecule has 0 saturated carbocycles. The van der Waals surface area contributed by atoms with Crippen LogP contribution < -0.4 is 10.1 Å². The number of rotatable bonds is 7. The van der Waals surface area contributed by atoms with Gasteiger partial charge in [-0.2, -0.15) is 5.26 Å². The summed E-state index contributed by atoms with van der Waals surface area (Å²) in [5.41, 5.74) is 0.538. The lowest BCUT2D eigenvalue weighted by Crippen LogP contribution is -2.41. The lowest BCUT2D eigenvalue weighted by Gasteiger charge is -2.19. The fourth-order valence-electron chi connectivity index (χ4n) is 1.69. The van der Waals surface area contributed by atoms with Gasteiger partial charge in [0.05, 0.1) is 17.7 Å². The second kappa shape index (κ2) is 8.28. The maximum atomic E-state index is 11.9. The van der Waals surface area contributed by atoms with Crippen LogP contribution in [0.3, 0.4) is 0 Å². The molecule has 1 rings (SSSR count). The van der Waals surface area contributed by atoms with Crippen molar-refractivity contribution >= 4 is 5.91 Å². The first-order valence-corrected chi connectivity index (χ1v) is 7.10. The van der Waals surface area contributed by atoms with Crippen LogP contribution in [0, 0.1) is 17.2 Å². The van der Waals surface area contributed by atoms with Crippen molar-refractivity contribution in [3.05, 3.63) is 29.8 Å². The Morgan fingerprint density at radius 2 is 2.00 bits per heavy atom. The molecule has 1 aromatic carbocycles. The standard InChI is InChI=1S/C16H22N2O3/c1-4-11(2)15(19)10-18-16(20)12(3)21-14-7-5-13(9-17)6-8-14/h5-8,11-12,15,19H,4,10H2,1-3H3,(H,18,20). The first-order valence-electron chi connectivity index (χ1n) is 7.10. The number of amides is 1. The zero-order chi connectivity index (χ0) is 15.8. The van der Waals surface area contributed by atoms with E-state index in [1.54, 1.807) is 31.2 Å². The van der Waals surface area contributed by atoms with Crippen LogP contribution in [-0.2, 0) is 4.79 Å². The third kappa shape index (κ3) is 5.44. The number of nitrogens with one attached hydrogen (secondary N) is 1. The number of nitrogens with zero attached hydrogens (tertiary/aromatic N) is 1. The molecule has 5 nitrogen and oxygen atoms in total. The molecule has 0 aliphatic heterocycles. The van der Waals surface area contributed by atoms with E-state index in [1.807, 2.05) is 19.9 Å². The van der Waals surface area contributed by atoms with Crippen molar-refractivity contribution < 1.29 is 14.6 Å². The van der Waals surface area contributed by atoms with E-state index in [9.17, 15) is 9.90 Å². The Bertz CT molecular complexity index is 493. The maximum absolute atomic E-state index is 11.9. The molecule has 0 radical (unpaired) electrons. The summed E-state index contributed by atoms with van der Waals surface area (Å²) in [4.78, 5) is 11.9. The van der Waals surface area contributed by atoms with Gasteiger partial charge in [-0.1, -0.05) is 20.3 Å². The minimum absolute atomic E-state index is 0.139. The minimum atomic E-state index is -0.665. The topological polar surface area (TPSA) is 82.3 Å². The van der Waals surface area contributed by atoms with Gasteiger partial charge in [0.25, 0.3) is 5.91 Å². The number of carbonyl (C=O) groups excluding carboxylic acids is 1. The molecule has 1 aromatic rings. The molecule has 0 saturated heterocycles. The van der Waals surface area contributed by atoms with Crippen LogP contribution in [0.15, 0.2) is 24.3 Å². The zero-order valence-electron chi connectivity index (χ0n) is 12.7. The average molecular weight is 290 g/mol. The van der Waals surface area contributed by atoms with Gasteiger partial charge in [0.1, 0.15) is 5.75 Å². The van der Waals surface area contributed by atoms with Crippen LogP contribution in [0.5, 0.6) is 5.75 Å². The first kappa shape index (κ1) is 17.0. The van der Waals surface area contributed by atoms with E-state index >= 15 is 0 Å². The summed E-state index contributed by atoms with van der Waals surface area (Å²) < 4.78 is 5.49. The molecule has 0 aromatic heterocycles. The largest absolute Gasteiger partial charge is 0.481 e. The molecule has 0 spiro atoms. The van der Waals surface area contributed by atoms with Crippen molar-refractivity contribution in [3.8, 4) is 11.8 Å². The molecule has 0 aliphatic carbocycles. The summed E-state index contributed by atoms with van der Waals surface area (Å²) in [6.07, 6.45) is -0.364. The molecule has 0 bridgehead atoms. The monoisotopic (exact) mass is 290 g/mol. The molecule has 114 valence electrons. The van der Waals surface area contributed by atoms with Gasteiger partial charge in [0.2, 0.25) is 0 Å². The van der Waals surface area contributed by atoms with Crippen LogP contribution in [-0.4, -0.2) is 29.8 Å². The van der Waals surface area contributed by atoms with E-state index in [2.05, 4.69) is 5.32 Å². The predicted octanol–water partition coefficient (Wildman–Crippen LogP) is 1.85. The number of benzene rings is 1. The van der Waals surface area contributed by atoms with Gasteiger partial charge < -0.3 is 15.2 Å². The third-order valence-corrected chi connectivity index (χ3v) is 3.45. The average Bonchev–Trinajstić information content (AvgIpc) is 2.51. The summed E-state index contributed by atoms with van der Waals surface area (Å²) in [7, 11) is 0. The summed E-state index contributed by atoms with van der Waals surface area (Å²) in [5, 5.41) is 21.2. The van der Waals surface area contributed by atoms with Gasteiger partial charge in [-0.25, -0.2) is 0 Å². The molecule has 0 fully saturated rings.